The summed E-state index contributed by atoms with van der Waals surface area (Å²) in [6, 6.07) is 12.7. The van der Waals surface area contributed by atoms with Crippen molar-refractivity contribution in [2.75, 3.05) is 26.2 Å². The van der Waals surface area contributed by atoms with Crippen LogP contribution in [0.2, 0.25) is 5.02 Å². The van der Waals surface area contributed by atoms with Gasteiger partial charge in [0, 0.05) is 28.1 Å². The van der Waals surface area contributed by atoms with Gasteiger partial charge in [-0.2, -0.15) is 0 Å². The van der Waals surface area contributed by atoms with Gasteiger partial charge in [0.15, 0.2) is 5.76 Å². The highest BCUT2D eigenvalue weighted by Crippen LogP contribution is 2.31. The third-order valence-electron chi connectivity index (χ3n) is 5.26. The van der Waals surface area contributed by atoms with Gasteiger partial charge in [0.1, 0.15) is 11.3 Å². The van der Waals surface area contributed by atoms with Crippen molar-refractivity contribution in [1.29, 1.82) is 0 Å². The lowest BCUT2D eigenvalue weighted by molar-refractivity contribution is 0.101. The molecule has 2 heterocycles. The maximum absolute atomic E-state index is 13.2. The number of carbonyl (C=O) groups excluding carboxylic acids is 1. The van der Waals surface area contributed by atoms with E-state index in [0.717, 1.165) is 42.8 Å². The first-order chi connectivity index (χ1) is 13.7. The summed E-state index contributed by atoms with van der Waals surface area (Å²) in [4.78, 5) is 15.6. The second kappa shape index (κ2) is 8.38. The number of halogens is 1. The lowest BCUT2D eigenvalue weighted by Crippen LogP contribution is -2.22. The van der Waals surface area contributed by atoms with Gasteiger partial charge in [0.2, 0.25) is 5.78 Å². The summed E-state index contributed by atoms with van der Waals surface area (Å²) in [7, 11) is 0. The molecule has 0 spiro atoms. The molecule has 0 N–H and O–H groups in total. The first-order valence-corrected chi connectivity index (χ1v) is 10.2. The number of fused-ring (bicyclic) bond motifs is 1. The Morgan fingerprint density at radius 2 is 1.89 bits per heavy atom. The molecule has 1 fully saturated rings. The van der Waals surface area contributed by atoms with E-state index in [4.69, 9.17) is 20.8 Å². The summed E-state index contributed by atoms with van der Waals surface area (Å²) in [6.07, 6.45) is 3.26. The second-order valence-corrected chi connectivity index (χ2v) is 7.57. The molecule has 0 atom stereocenters. The summed E-state index contributed by atoms with van der Waals surface area (Å²) in [6.45, 7) is 5.70. The largest absolute Gasteiger partial charge is 0.494 e. The highest BCUT2D eigenvalue weighted by atomic mass is 35.5. The lowest BCUT2D eigenvalue weighted by Gasteiger charge is -2.14. The molecule has 28 heavy (non-hydrogen) atoms. The molecule has 3 aromatic rings. The first kappa shape index (κ1) is 19.0. The van der Waals surface area contributed by atoms with Gasteiger partial charge in [0.25, 0.3) is 0 Å². The van der Waals surface area contributed by atoms with E-state index in [1.54, 1.807) is 18.2 Å². The van der Waals surface area contributed by atoms with E-state index in [2.05, 4.69) is 4.90 Å². The normalized spacial score (nSPS) is 14.6. The fraction of sp³-hybridized carbons (Fsp3) is 0.348. The maximum atomic E-state index is 13.2. The zero-order valence-electron chi connectivity index (χ0n) is 16.0. The number of nitrogens with zero attached hydrogens (tertiary/aromatic N) is 1. The van der Waals surface area contributed by atoms with Gasteiger partial charge in [-0.05, 0) is 81.7 Å². The van der Waals surface area contributed by atoms with Gasteiger partial charge in [0.05, 0.1) is 6.61 Å². The van der Waals surface area contributed by atoms with Crippen molar-refractivity contribution in [1.82, 2.24) is 4.90 Å². The monoisotopic (exact) mass is 397 g/mol. The zero-order valence-corrected chi connectivity index (χ0v) is 16.8. The predicted molar refractivity (Wildman–Crippen MR) is 112 cm³/mol. The van der Waals surface area contributed by atoms with Crippen LogP contribution in [0, 0.1) is 0 Å². The van der Waals surface area contributed by atoms with Gasteiger partial charge in [-0.1, -0.05) is 11.6 Å². The Morgan fingerprint density at radius 1 is 1.14 bits per heavy atom. The number of hydrogen-bond donors (Lipinski definition) is 0. The van der Waals surface area contributed by atoms with Crippen LogP contribution < -0.4 is 4.74 Å². The van der Waals surface area contributed by atoms with Gasteiger partial charge < -0.3 is 14.1 Å². The van der Waals surface area contributed by atoms with E-state index in [1.807, 2.05) is 31.2 Å². The number of ketones is 1. The number of rotatable bonds is 7. The smallest absolute Gasteiger partial charge is 0.228 e. The number of likely N-dealkylation sites (tertiary alicyclic amines) is 1. The molecular formula is C23H24ClNO3. The maximum Gasteiger partial charge on any atom is 0.228 e. The summed E-state index contributed by atoms with van der Waals surface area (Å²) < 4.78 is 11.5. The van der Waals surface area contributed by atoms with Crippen molar-refractivity contribution < 1.29 is 13.9 Å². The summed E-state index contributed by atoms with van der Waals surface area (Å²) in [5.74, 6) is 1.07. The molecule has 4 nitrogen and oxygen atoms in total. The molecule has 0 saturated carbocycles. The first-order valence-electron chi connectivity index (χ1n) is 9.86. The minimum atomic E-state index is -0.105. The molecule has 1 saturated heterocycles. The van der Waals surface area contributed by atoms with Crippen LogP contribution in [0.15, 0.2) is 46.9 Å². The van der Waals surface area contributed by atoms with Crippen molar-refractivity contribution in [2.24, 2.45) is 0 Å². The molecule has 0 aliphatic carbocycles. The predicted octanol–water partition coefficient (Wildman–Crippen LogP) is 5.35. The van der Waals surface area contributed by atoms with Crippen LogP contribution >= 0.6 is 11.6 Å². The SMILES string of the molecule is CCOc1ccc(C(=O)c2oc3ccc(Cl)cc3c2CCN2CCCC2)cc1. The van der Waals surface area contributed by atoms with Crippen LogP contribution in [0.3, 0.4) is 0 Å². The third kappa shape index (κ3) is 3.94. The van der Waals surface area contributed by atoms with Crippen molar-refractivity contribution in [2.45, 2.75) is 26.2 Å². The topological polar surface area (TPSA) is 42.7 Å². The van der Waals surface area contributed by atoms with Crippen molar-refractivity contribution in [3.8, 4) is 5.75 Å². The van der Waals surface area contributed by atoms with Crippen molar-refractivity contribution in [3.63, 3.8) is 0 Å². The highest BCUT2D eigenvalue weighted by Gasteiger charge is 2.23. The van der Waals surface area contributed by atoms with Gasteiger partial charge >= 0.3 is 0 Å². The third-order valence-corrected chi connectivity index (χ3v) is 5.50. The molecule has 1 aliphatic rings. The summed E-state index contributed by atoms with van der Waals surface area (Å²) in [5, 5.41) is 1.58. The minimum absolute atomic E-state index is 0.105. The number of ether oxygens (including phenoxy) is 1. The Hall–Kier alpha value is -2.30. The second-order valence-electron chi connectivity index (χ2n) is 7.14. The Morgan fingerprint density at radius 3 is 2.61 bits per heavy atom. The number of carbonyl (C=O) groups is 1. The van der Waals surface area contributed by atoms with Crippen LogP contribution in [0.1, 0.15) is 41.4 Å². The Bertz CT molecular complexity index is 971. The average molecular weight is 398 g/mol. The number of hydrogen-bond acceptors (Lipinski definition) is 4. The number of furan rings is 1. The summed E-state index contributed by atoms with van der Waals surface area (Å²) >= 11 is 6.22. The zero-order chi connectivity index (χ0) is 19.5. The van der Waals surface area contributed by atoms with Gasteiger partial charge in [-0.25, -0.2) is 0 Å². The Labute approximate surface area is 170 Å². The molecule has 0 unspecified atom stereocenters. The summed E-state index contributed by atoms with van der Waals surface area (Å²) in [5.41, 5.74) is 2.24. The van der Waals surface area contributed by atoms with E-state index < -0.39 is 0 Å². The van der Waals surface area contributed by atoms with Gasteiger partial charge in [-0.3, -0.25) is 4.79 Å². The molecule has 0 radical (unpaired) electrons. The quantitative estimate of drug-likeness (QED) is 0.504. The molecule has 5 heteroatoms. The average Bonchev–Trinajstić information content (AvgIpc) is 3.34. The molecule has 146 valence electrons. The fourth-order valence-electron chi connectivity index (χ4n) is 3.83. The van der Waals surface area contributed by atoms with Crippen LogP contribution in [0.4, 0.5) is 0 Å². The van der Waals surface area contributed by atoms with Crippen molar-refractivity contribution >= 4 is 28.4 Å². The van der Waals surface area contributed by atoms with Crippen LogP contribution in [-0.2, 0) is 6.42 Å². The van der Waals surface area contributed by atoms with E-state index in [1.165, 1.54) is 12.8 Å². The molecule has 2 aromatic carbocycles. The molecule has 0 amide bonds. The molecule has 1 aliphatic heterocycles. The number of benzene rings is 2. The molecular weight excluding hydrogens is 374 g/mol. The molecule has 0 bridgehead atoms. The van der Waals surface area contributed by atoms with Crippen LogP contribution in [-0.4, -0.2) is 36.9 Å². The standard InChI is InChI=1S/C23H24ClNO3/c1-2-27-18-8-5-16(6-9-18)22(26)23-19(11-14-25-12-3-4-13-25)20-15-17(24)7-10-21(20)28-23/h5-10,15H,2-4,11-14H2,1H3. The van der Waals surface area contributed by atoms with Crippen molar-refractivity contribution in [3.05, 3.63) is 64.4 Å². The van der Waals surface area contributed by atoms with Crippen LogP contribution in [0.5, 0.6) is 5.75 Å². The fourth-order valence-corrected chi connectivity index (χ4v) is 4.00. The van der Waals surface area contributed by atoms with E-state index >= 15 is 0 Å². The minimum Gasteiger partial charge on any atom is -0.494 e. The van der Waals surface area contributed by atoms with Gasteiger partial charge in [-0.15, -0.1) is 0 Å². The van der Waals surface area contributed by atoms with Crippen LogP contribution in [0.25, 0.3) is 11.0 Å². The Kier molecular flexibility index (Phi) is 5.69. The molecule has 1 aromatic heterocycles. The highest BCUT2D eigenvalue weighted by molar-refractivity contribution is 6.31. The molecule has 4 rings (SSSR count). The lowest BCUT2D eigenvalue weighted by atomic mass is 10.0. The van der Waals surface area contributed by atoms with E-state index in [9.17, 15) is 4.79 Å². The van der Waals surface area contributed by atoms with E-state index in [0.29, 0.717) is 28.5 Å². The van der Waals surface area contributed by atoms with E-state index in [-0.39, 0.29) is 5.78 Å². The Balaban J connectivity index is 1.67.